The van der Waals surface area contributed by atoms with Gasteiger partial charge in [-0.1, -0.05) is 33.2 Å². The minimum Gasteiger partial charge on any atom is -0.381 e. The smallest absolute Gasteiger partial charge is 0.268 e. The quantitative estimate of drug-likeness (QED) is 0.570. The predicted octanol–water partition coefficient (Wildman–Crippen LogP) is 3.89. The van der Waals surface area contributed by atoms with Crippen molar-refractivity contribution < 1.29 is 18.8 Å². The number of hydrogen-bond acceptors (Lipinski definition) is 5. The number of hydrogen-bond donors (Lipinski definition) is 1. The zero-order valence-corrected chi connectivity index (χ0v) is 18.4. The van der Waals surface area contributed by atoms with Gasteiger partial charge in [-0.25, -0.2) is 0 Å². The predicted molar refractivity (Wildman–Crippen MR) is 115 cm³/mol. The Bertz CT molecular complexity index is 1080. The van der Waals surface area contributed by atoms with Crippen molar-refractivity contribution in [3.8, 4) is 11.3 Å². The summed E-state index contributed by atoms with van der Waals surface area (Å²) in [4.78, 5) is 26.0. The molecule has 8 heteroatoms. The van der Waals surface area contributed by atoms with Gasteiger partial charge in [-0.3, -0.25) is 9.59 Å². The molecule has 30 heavy (non-hydrogen) atoms. The summed E-state index contributed by atoms with van der Waals surface area (Å²) in [5, 5.41) is 7.13. The second-order valence-electron chi connectivity index (χ2n) is 7.38. The van der Waals surface area contributed by atoms with E-state index >= 15 is 0 Å². The van der Waals surface area contributed by atoms with Crippen LogP contribution in [0.25, 0.3) is 11.3 Å². The van der Waals surface area contributed by atoms with E-state index in [0.29, 0.717) is 41.5 Å². The van der Waals surface area contributed by atoms with Crippen LogP contribution in [0.3, 0.4) is 0 Å². The summed E-state index contributed by atoms with van der Waals surface area (Å²) in [6.07, 6.45) is 3.25. The summed E-state index contributed by atoms with van der Waals surface area (Å²) in [6.45, 7) is 3.01. The van der Waals surface area contributed by atoms with Crippen molar-refractivity contribution in [1.29, 1.82) is 0 Å². The molecule has 1 aromatic carbocycles. The first kappa shape index (κ1) is 20.6. The molecule has 0 atom stereocenters. The van der Waals surface area contributed by atoms with E-state index in [1.165, 1.54) is 0 Å². The number of ketones is 1. The minimum absolute atomic E-state index is 0.0876. The molecular weight excluding hydrogens is 450 g/mol. The summed E-state index contributed by atoms with van der Waals surface area (Å²) in [6, 6.07) is 9.22. The monoisotopic (exact) mass is 471 g/mol. The third kappa shape index (κ3) is 4.11. The van der Waals surface area contributed by atoms with E-state index in [1.807, 2.05) is 24.3 Å². The average molecular weight is 472 g/mol. The van der Waals surface area contributed by atoms with E-state index in [2.05, 4.69) is 26.4 Å². The van der Waals surface area contributed by atoms with Crippen LogP contribution in [-0.4, -0.2) is 40.7 Å². The van der Waals surface area contributed by atoms with Crippen LogP contribution in [-0.2, 0) is 11.8 Å². The SMILES string of the molecule is Cc1onc(-c2ccc(Br)cc2)c1C(=O)c1cc(C(=O)NC2CCOCC2)n(C)c1. The fourth-order valence-corrected chi connectivity index (χ4v) is 3.87. The Morgan fingerprint density at radius 1 is 1.20 bits per heavy atom. The van der Waals surface area contributed by atoms with Crippen LogP contribution in [0, 0.1) is 6.92 Å². The molecule has 0 radical (unpaired) electrons. The van der Waals surface area contributed by atoms with Crippen molar-refractivity contribution in [2.45, 2.75) is 25.8 Å². The molecule has 7 nitrogen and oxygen atoms in total. The molecule has 1 aliphatic rings. The second kappa shape index (κ2) is 8.57. The molecule has 1 fully saturated rings. The molecule has 1 saturated heterocycles. The first-order valence-electron chi connectivity index (χ1n) is 9.76. The zero-order chi connectivity index (χ0) is 21.3. The van der Waals surface area contributed by atoms with Gasteiger partial charge in [0.1, 0.15) is 17.1 Å². The van der Waals surface area contributed by atoms with Crippen LogP contribution >= 0.6 is 15.9 Å². The molecule has 1 amide bonds. The van der Waals surface area contributed by atoms with Gasteiger partial charge < -0.3 is 19.1 Å². The van der Waals surface area contributed by atoms with Crippen molar-refractivity contribution in [3.63, 3.8) is 0 Å². The van der Waals surface area contributed by atoms with Crippen molar-refractivity contribution in [3.05, 3.63) is 63.6 Å². The molecular formula is C22H22BrN3O4. The lowest BCUT2D eigenvalue weighted by molar-refractivity contribution is 0.0692. The lowest BCUT2D eigenvalue weighted by Gasteiger charge is -2.23. The van der Waals surface area contributed by atoms with E-state index < -0.39 is 0 Å². The molecule has 1 aliphatic heterocycles. The van der Waals surface area contributed by atoms with Crippen molar-refractivity contribution in [2.75, 3.05) is 13.2 Å². The van der Waals surface area contributed by atoms with Gasteiger partial charge in [-0.2, -0.15) is 0 Å². The Balaban J connectivity index is 1.60. The fraction of sp³-hybridized carbons (Fsp3) is 0.318. The molecule has 156 valence electrons. The third-order valence-corrected chi connectivity index (χ3v) is 5.79. The molecule has 0 spiro atoms. The number of benzene rings is 1. The summed E-state index contributed by atoms with van der Waals surface area (Å²) in [5.41, 5.74) is 2.52. The number of aryl methyl sites for hydroxylation is 2. The number of ether oxygens (including phenoxy) is 1. The third-order valence-electron chi connectivity index (χ3n) is 5.26. The normalized spacial score (nSPS) is 14.6. The number of aromatic nitrogens is 2. The largest absolute Gasteiger partial charge is 0.381 e. The molecule has 2 aromatic heterocycles. The summed E-state index contributed by atoms with van der Waals surface area (Å²) in [7, 11) is 1.76. The van der Waals surface area contributed by atoms with E-state index in [9.17, 15) is 9.59 Å². The Labute approximate surface area is 182 Å². The van der Waals surface area contributed by atoms with Crippen LogP contribution in [0.4, 0.5) is 0 Å². The van der Waals surface area contributed by atoms with Crippen molar-refractivity contribution in [1.82, 2.24) is 15.0 Å². The number of amides is 1. The van der Waals surface area contributed by atoms with Crippen LogP contribution < -0.4 is 5.32 Å². The molecule has 0 aliphatic carbocycles. The summed E-state index contributed by atoms with van der Waals surface area (Å²) < 4.78 is 13.3. The highest BCUT2D eigenvalue weighted by Crippen LogP contribution is 2.29. The van der Waals surface area contributed by atoms with E-state index in [4.69, 9.17) is 9.26 Å². The Morgan fingerprint density at radius 3 is 2.60 bits per heavy atom. The standard InChI is InChI=1S/C22H22BrN3O4/c1-13-19(20(25-30-13)14-3-5-16(23)6-4-14)21(27)15-11-18(26(2)12-15)22(28)24-17-7-9-29-10-8-17/h3-6,11-12,17H,7-10H2,1-2H3,(H,24,28). The second-order valence-corrected chi connectivity index (χ2v) is 8.30. The molecule has 0 bridgehead atoms. The van der Waals surface area contributed by atoms with Crippen molar-refractivity contribution in [2.24, 2.45) is 7.05 Å². The van der Waals surface area contributed by atoms with Crippen LogP contribution in [0.2, 0.25) is 0 Å². The number of halogens is 1. The lowest BCUT2D eigenvalue weighted by Crippen LogP contribution is -2.39. The molecule has 0 saturated carbocycles. The average Bonchev–Trinajstić information content (AvgIpc) is 3.32. The number of carbonyl (C=O) groups is 2. The van der Waals surface area contributed by atoms with Crippen LogP contribution in [0.5, 0.6) is 0 Å². The van der Waals surface area contributed by atoms with Gasteiger partial charge in [-0.15, -0.1) is 0 Å². The highest BCUT2D eigenvalue weighted by molar-refractivity contribution is 9.10. The maximum Gasteiger partial charge on any atom is 0.268 e. The number of rotatable bonds is 5. The van der Waals surface area contributed by atoms with Gasteiger partial charge in [0.2, 0.25) is 0 Å². The number of carbonyl (C=O) groups excluding carboxylic acids is 2. The molecule has 1 N–H and O–H groups in total. The Kier molecular flexibility index (Phi) is 5.87. The van der Waals surface area contributed by atoms with Crippen LogP contribution in [0.15, 0.2) is 45.5 Å². The Hall–Kier alpha value is -2.71. The molecule has 0 unspecified atom stereocenters. The Morgan fingerprint density at radius 2 is 1.90 bits per heavy atom. The molecule has 3 heterocycles. The summed E-state index contributed by atoms with van der Waals surface area (Å²) >= 11 is 3.41. The fourth-order valence-electron chi connectivity index (χ4n) is 3.60. The minimum atomic E-state index is -0.229. The van der Waals surface area contributed by atoms with Gasteiger partial charge in [0.05, 0.1) is 5.56 Å². The topological polar surface area (TPSA) is 86.4 Å². The van der Waals surface area contributed by atoms with Gasteiger partial charge in [0.25, 0.3) is 5.91 Å². The van der Waals surface area contributed by atoms with Crippen LogP contribution in [0.1, 0.15) is 45.0 Å². The number of nitrogens with zero attached hydrogens (tertiary/aromatic N) is 2. The van der Waals surface area contributed by atoms with E-state index in [1.54, 1.807) is 30.8 Å². The van der Waals surface area contributed by atoms with Gasteiger partial charge in [0.15, 0.2) is 5.78 Å². The highest BCUT2D eigenvalue weighted by Gasteiger charge is 2.26. The van der Waals surface area contributed by atoms with Gasteiger partial charge >= 0.3 is 0 Å². The number of nitrogens with one attached hydrogen (secondary N) is 1. The van der Waals surface area contributed by atoms with Gasteiger partial charge in [-0.05, 0) is 38.0 Å². The summed E-state index contributed by atoms with van der Waals surface area (Å²) in [5.74, 6) is 0.0148. The maximum absolute atomic E-state index is 13.3. The maximum atomic E-state index is 13.3. The first-order chi connectivity index (χ1) is 14.4. The van der Waals surface area contributed by atoms with E-state index in [-0.39, 0.29) is 17.7 Å². The highest BCUT2D eigenvalue weighted by atomic mass is 79.9. The zero-order valence-electron chi connectivity index (χ0n) is 16.8. The molecule has 4 rings (SSSR count). The molecule has 3 aromatic rings. The van der Waals surface area contributed by atoms with Gasteiger partial charge in [0, 0.05) is 48.1 Å². The van der Waals surface area contributed by atoms with E-state index in [0.717, 1.165) is 22.9 Å². The van der Waals surface area contributed by atoms with Crippen molar-refractivity contribution >= 4 is 27.6 Å². The lowest BCUT2D eigenvalue weighted by atomic mass is 9.99. The first-order valence-corrected chi connectivity index (χ1v) is 10.5.